The number of amides is 1. The maximum Gasteiger partial charge on any atom is 0.220 e. The van der Waals surface area contributed by atoms with Crippen LogP contribution in [0.1, 0.15) is 30.9 Å². The minimum Gasteiger partial charge on any atom is -0.375 e. The summed E-state index contributed by atoms with van der Waals surface area (Å²) < 4.78 is 18.1. The highest BCUT2D eigenvalue weighted by Gasteiger charge is 2.24. The molecular formula is C14H18FNO2. The summed E-state index contributed by atoms with van der Waals surface area (Å²) in [4.78, 5) is 11.6. The predicted octanol–water partition coefficient (Wildman–Crippen LogP) is 2.43. The monoisotopic (exact) mass is 251 g/mol. The molecule has 0 bridgehead atoms. The van der Waals surface area contributed by atoms with Crippen molar-refractivity contribution >= 4 is 5.91 Å². The Kier molecular flexibility index (Phi) is 4.31. The van der Waals surface area contributed by atoms with E-state index in [2.05, 4.69) is 5.32 Å². The second-order valence-electron chi connectivity index (χ2n) is 4.73. The van der Waals surface area contributed by atoms with Crippen molar-refractivity contribution in [2.45, 2.75) is 25.4 Å². The van der Waals surface area contributed by atoms with Gasteiger partial charge in [-0.2, -0.15) is 0 Å². The van der Waals surface area contributed by atoms with Crippen LogP contribution >= 0.6 is 0 Å². The first kappa shape index (κ1) is 13.0. The molecular weight excluding hydrogens is 233 g/mol. The Labute approximate surface area is 106 Å². The van der Waals surface area contributed by atoms with Crippen molar-refractivity contribution in [1.82, 2.24) is 5.32 Å². The third-order valence-corrected chi connectivity index (χ3v) is 3.18. The van der Waals surface area contributed by atoms with E-state index in [0.29, 0.717) is 18.9 Å². The number of hydrogen-bond donors (Lipinski definition) is 1. The SMILES string of the molecule is CO[C@H](CNC(=O)CC1CC1)c1ccc(F)cc1. The fourth-order valence-electron chi connectivity index (χ4n) is 1.88. The third-order valence-electron chi connectivity index (χ3n) is 3.18. The van der Waals surface area contributed by atoms with Gasteiger partial charge in [-0.25, -0.2) is 4.39 Å². The van der Waals surface area contributed by atoms with Gasteiger partial charge >= 0.3 is 0 Å². The first-order chi connectivity index (χ1) is 8.69. The highest BCUT2D eigenvalue weighted by atomic mass is 19.1. The van der Waals surface area contributed by atoms with Crippen LogP contribution in [0.4, 0.5) is 4.39 Å². The number of nitrogens with one attached hydrogen (secondary N) is 1. The lowest BCUT2D eigenvalue weighted by Crippen LogP contribution is -2.29. The van der Waals surface area contributed by atoms with Crippen LogP contribution in [0.25, 0.3) is 0 Å². The van der Waals surface area contributed by atoms with Crippen LogP contribution in [0.15, 0.2) is 24.3 Å². The minimum absolute atomic E-state index is 0.0710. The molecule has 1 N–H and O–H groups in total. The Morgan fingerprint density at radius 3 is 2.67 bits per heavy atom. The standard InChI is InChI=1S/C14H18FNO2/c1-18-13(11-4-6-12(15)7-5-11)9-16-14(17)8-10-2-3-10/h4-7,10,13H,2-3,8-9H2,1H3,(H,16,17)/t13-/m1/s1. The van der Waals surface area contributed by atoms with Gasteiger partial charge in [-0.15, -0.1) is 0 Å². The number of carbonyl (C=O) groups excluding carboxylic acids is 1. The maximum absolute atomic E-state index is 12.8. The molecule has 0 aliphatic heterocycles. The summed E-state index contributed by atoms with van der Waals surface area (Å²) in [5, 5.41) is 2.86. The zero-order valence-electron chi connectivity index (χ0n) is 10.5. The Morgan fingerprint density at radius 2 is 2.11 bits per heavy atom. The van der Waals surface area contributed by atoms with Crippen molar-refractivity contribution in [3.63, 3.8) is 0 Å². The fraction of sp³-hybridized carbons (Fsp3) is 0.500. The van der Waals surface area contributed by atoms with Crippen molar-refractivity contribution in [3.8, 4) is 0 Å². The molecule has 18 heavy (non-hydrogen) atoms. The number of benzene rings is 1. The van der Waals surface area contributed by atoms with Crippen molar-refractivity contribution in [2.24, 2.45) is 5.92 Å². The number of halogens is 1. The molecule has 0 aromatic heterocycles. The summed E-state index contributed by atoms with van der Waals surface area (Å²) in [5.41, 5.74) is 0.866. The molecule has 1 amide bonds. The van der Waals surface area contributed by atoms with Crippen LogP contribution in [-0.2, 0) is 9.53 Å². The van der Waals surface area contributed by atoms with Crippen molar-refractivity contribution in [1.29, 1.82) is 0 Å². The molecule has 0 spiro atoms. The normalized spacial score (nSPS) is 16.3. The molecule has 1 aromatic rings. The van der Waals surface area contributed by atoms with E-state index in [1.54, 1.807) is 19.2 Å². The lowest BCUT2D eigenvalue weighted by Gasteiger charge is -2.16. The molecule has 0 saturated heterocycles. The Balaban J connectivity index is 1.84. The number of ether oxygens (including phenoxy) is 1. The van der Waals surface area contributed by atoms with Gasteiger partial charge in [0.05, 0.1) is 6.10 Å². The summed E-state index contributed by atoms with van der Waals surface area (Å²) in [5.74, 6) is 0.379. The van der Waals surface area contributed by atoms with E-state index in [1.807, 2.05) is 0 Å². The second kappa shape index (κ2) is 5.96. The zero-order chi connectivity index (χ0) is 13.0. The van der Waals surface area contributed by atoms with Crippen LogP contribution in [0, 0.1) is 11.7 Å². The number of hydrogen-bond acceptors (Lipinski definition) is 2. The molecule has 4 heteroatoms. The van der Waals surface area contributed by atoms with Crippen LogP contribution < -0.4 is 5.32 Å². The van der Waals surface area contributed by atoms with E-state index < -0.39 is 0 Å². The predicted molar refractivity (Wildman–Crippen MR) is 66.5 cm³/mol. The molecule has 1 aromatic carbocycles. The summed E-state index contributed by atoms with van der Waals surface area (Å²) in [6, 6.07) is 6.15. The van der Waals surface area contributed by atoms with E-state index in [-0.39, 0.29) is 17.8 Å². The molecule has 1 fully saturated rings. The van der Waals surface area contributed by atoms with Crippen LogP contribution in [-0.4, -0.2) is 19.6 Å². The largest absolute Gasteiger partial charge is 0.375 e. The summed E-state index contributed by atoms with van der Waals surface area (Å²) in [7, 11) is 1.58. The van der Waals surface area contributed by atoms with Crippen LogP contribution in [0.2, 0.25) is 0 Å². The van der Waals surface area contributed by atoms with Gasteiger partial charge < -0.3 is 10.1 Å². The average Bonchev–Trinajstić information content (AvgIpc) is 3.16. The molecule has 3 nitrogen and oxygen atoms in total. The van der Waals surface area contributed by atoms with E-state index in [9.17, 15) is 9.18 Å². The maximum atomic E-state index is 12.8. The van der Waals surface area contributed by atoms with E-state index in [4.69, 9.17) is 4.74 Å². The number of carbonyl (C=O) groups is 1. The zero-order valence-corrected chi connectivity index (χ0v) is 10.5. The molecule has 1 atom stereocenters. The average molecular weight is 251 g/mol. The molecule has 1 saturated carbocycles. The summed E-state index contributed by atoms with van der Waals surface area (Å²) in [6.07, 6.45) is 2.71. The molecule has 1 aliphatic carbocycles. The van der Waals surface area contributed by atoms with E-state index in [1.165, 1.54) is 25.0 Å². The van der Waals surface area contributed by atoms with Gasteiger partial charge in [-0.05, 0) is 36.5 Å². The second-order valence-corrected chi connectivity index (χ2v) is 4.73. The fourth-order valence-corrected chi connectivity index (χ4v) is 1.88. The minimum atomic E-state index is -0.272. The smallest absolute Gasteiger partial charge is 0.220 e. The highest BCUT2D eigenvalue weighted by molar-refractivity contribution is 5.76. The van der Waals surface area contributed by atoms with Gasteiger partial charge in [0.2, 0.25) is 5.91 Å². The van der Waals surface area contributed by atoms with Crippen molar-refractivity contribution in [2.75, 3.05) is 13.7 Å². The van der Waals surface area contributed by atoms with E-state index in [0.717, 1.165) is 5.56 Å². The van der Waals surface area contributed by atoms with Gasteiger partial charge in [-0.3, -0.25) is 4.79 Å². The van der Waals surface area contributed by atoms with Crippen molar-refractivity contribution in [3.05, 3.63) is 35.6 Å². The van der Waals surface area contributed by atoms with Crippen molar-refractivity contribution < 1.29 is 13.9 Å². The first-order valence-corrected chi connectivity index (χ1v) is 6.24. The molecule has 98 valence electrons. The highest BCUT2D eigenvalue weighted by Crippen LogP contribution is 2.32. The summed E-state index contributed by atoms with van der Waals surface area (Å²) >= 11 is 0. The third kappa shape index (κ3) is 3.81. The molecule has 2 rings (SSSR count). The van der Waals surface area contributed by atoms with Gasteiger partial charge in [0.15, 0.2) is 0 Å². The van der Waals surface area contributed by atoms with Gasteiger partial charge in [0.25, 0.3) is 0 Å². The lowest BCUT2D eigenvalue weighted by atomic mass is 10.1. The topological polar surface area (TPSA) is 38.3 Å². The summed E-state index contributed by atoms with van der Waals surface area (Å²) in [6.45, 7) is 0.424. The van der Waals surface area contributed by atoms with Crippen LogP contribution in [0.5, 0.6) is 0 Å². The Hall–Kier alpha value is -1.42. The van der Waals surface area contributed by atoms with E-state index >= 15 is 0 Å². The molecule has 0 unspecified atom stereocenters. The Morgan fingerprint density at radius 1 is 1.44 bits per heavy atom. The van der Waals surface area contributed by atoms with Gasteiger partial charge in [-0.1, -0.05) is 12.1 Å². The van der Waals surface area contributed by atoms with Gasteiger partial charge in [0.1, 0.15) is 5.82 Å². The number of rotatable bonds is 6. The molecule has 0 heterocycles. The van der Waals surface area contributed by atoms with Crippen LogP contribution in [0.3, 0.4) is 0 Å². The molecule has 0 radical (unpaired) electrons. The first-order valence-electron chi connectivity index (χ1n) is 6.24. The Bertz CT molecular complexity index is 401. The lowest BCUT2D eigenvalue weighted by molar-refractivity contribution is -0.122. The number of methoxy groups -OCH3 is 1. The van der Waals surface area contributed by atoms with Gasteiger partial charge in [0, 0.05) is 20.1 Å². The molecule has 1 aliphatic rings. The quantitative estimate of drug-likeness (QED) is 0.843.